The molecule has 0 bridgehead atoms. The lowest BCUT2D eigenvalue weighted by Crippen LogP contribution is -2.24. The molecule has 1 aromatic carbocycles. The third-order valence-corrected chi connectivity index (χ3v) is 5.27. The third kappa shape index (κ3) is 4.54. The van der Waals surface area contributed by atoms with E-state index in [1.807, 2.05) is 19.1 Å². The smallest absolute Gasteiger partial charge is 0.220 e. The van der Waals surface area contributed by atoms with Gasteiger partial charge in [0.2, 0.25) is 5.95 Å². The first-order valence-electron chi connectivity index (χ1n) is 10.1. The molecule has 0 saturated carbocycles. The fourth-order valence-electron chi connectivity index (χ4n) is 4.00. The predicted octanol–water partition coefficient (Wildman–Crippen LogP) is 3.40. The molecule has 0 saturated heterocycles. The molecule has 0 radical (unpaired) electrons. The molecule has 7 nitrogen and oxygen atoms in total. The van der Waals surface area contributed by atoms with Crippen molar-refractivity contribution in [3.05, 3.63) is 71.1 Å². The molecule has 0 amide bonds. The normalized spacial score (nSPS) is 17.9. The number of halogens is 1. The first-order valence-corrected chi connectivity index (χ1v) is 10.1. The molecule has 3 aromatic rings. The molecule has 0 aliphatic heterocycles. The highest BCUT2D eigenvalue weighted by Crippen LogP contribution is 2.38. The van der Waals surface area contributed by atoms with E-state index in [4.69, 9.17) is 10.6 Å². The SMILES string of the molecule is Cc1nc(N)nc2c1/C(=N/OCC(C)O)C[C@@H](c1ccc(F)cc1-c1cccnc1)C2. The largest absolute Gasteiger partial charge is 0.393 e. The van der Waals surface area contributed by atoms with Crippen molar-refractivity contribution in [3.63, 3.8) is 0 Å². The quantitative estimate of drug-likeness (QED) is 0.612. The van der Waals surface area contributed by atoms with Gasteiger partial charge in [-0.3, -0.25) is 4.98 Å². The molecule has 31 heavy (non-hydrogen) atoms. The summed E-state index contributed by atoms with van der Waals surface area (Å²) < 4.78 is 14.1. The Bertz CT molecular complexity index is 1120. The fraction of sp³-hybridized carbons (Fsp3) is 0.304. The number of anilines is 1. The van der Waals surface area contributed by atoms with Crippen molar-refractivity contribution in [3.8, 4) is 11.1 Å². The van der Waals surface area contributed by atoms with Crippen molar-refractivity contribution in [1.82, 2.24) is 15.0 Å². The van der Waals surface area contributed by atoms with Gasteiger partial charge in [-0.1, -0.05) is 17.3 Å². The van der Waals surface area contributed by atoms with Gasteiger partial charge in [0.1, 0.15) is 12.4 Å². The molecule has 2 heterocycles. The number of hydrogen-bond donors (Lipinski definition) is 2. The van der Waals surface area contributed by atoms with E-state index in [9.17, 15) is 9.50 Å². The lowest BCUT2D eigenvalue weighted by Gasteiger charge is -2.28. The van der Waals surface area contributed by atoms with E-state index in [1.165, 1.54) is 12.1 Å². The van der Waals surface area contributed by atoms with Gasteiger partial charge in [-0.15, -0.1) is 0 Å². The van der Waals surface area contributed by atoms with Crippen molar-refractivity contribution in [2.24, 2.45) is 5.16 Å². The molecule has 2 atom stereocenters. The van der Waals surface area contributed by atoms with Crippen LogP contribution in [-0.2, 0) is 11.3 Å². The summed E-state index contributed by atoms with van der Waals surface area (Å²) in [5.74, 6) is -0.131. The zero-order valence-electron chi connectivity index (χ0n) is 17.4. The van der Waals surface area contributed by atoms with Gasteiger partial charge < -0.3 is 15.7 Å². The molecule has 3 N–H and O–H groups in total. The number of oxime groups is 1. The summed E-state index contributed by atoms with van der Waals surface area (Å²) in [6.45, 7) is 3.57. The maximum Gasteiger partial charge on any atom is 0.220 e. The Balaban J connectivity index is 1.79. The van der Waals surface area contributed by atoms with Gasteiger partial charge in [-0.05, 0) is 55.5 Å². The summed E-state index contributed by atoms with van der Waals surface area (Å²) in [7, 11) is 0. The van der Waals surface area contributed by atoms with Crippen LogP contribution in [0.3, 0.4) is 0 Å². The Hall–Kier alpha value is -3.39. The molecule has 1 aliphatic carbocycles. The zero-order chi connectivity index (χ0) is 22.0. The number of nitrogens with zero attached hydrogens (tertiary/aromatic N) is 4. The maximum atomic E-state index is 14.1. The number of fused-ring (bicyclic) bond motifs is 1. The van der Waals surface area contributed by atoms with Crippen LogP contribution in [0.2, 0.25) is 0 Å². The van der Waals surface area contributed by atoms with E-state index in [-0.39, 0.29) is 24.3 Å². The predicted molar refractivity (Wildman–Crippen MR) is 116 cm³/mol. The number of pyridine rings is 1. The van der Waals surface area contributed by atoms with Gasteiger partial charge >= 0.3 is 0 Å². The van der Waals surface area contributed by atoms with Crippen LogP contribution < -0.4 is 5.73 Å². The van der Waals surface area contributed by atoms with Gasteiger partial charge in [0, 0.05) is 29.9 Å². The van der Waals surface area contributed by atoms with E-state index < -0.39 is 6.10 Å². The molecule has 8 heteroatoms. The summed E-state index contributed by atoms with van der Waals surface area (Å²) in [6, 6.07) is 8.54. The van der Waals surface area contributed by atoms with Crippen LogP contribution in [0.25, 0.3) is 11.1 Å². The van der Waals surface area contributed by atoms with E-state index in [0.29, 0.717) is 18.6 Å². The van der Waals surface area contributed by atoms with Gasteiger partial charge in [-0.2, -0.15) is 0 Å². The highest BCUT2D eigenvalue weighted by atomic mass is 19.1. The minimum Gasteiger partial charge on any atom is -0.393 e. The topological polar surface area (TPSA) is 107 Å². The van der Waals surface area contributed by atoms with E-state index in [2.05, 4.69) is 20.1 Å². The molecular weight excluding hydrogens is 397 g/mol. The molecular formula is C23H24FN5O2. The molecule has 160 valence electrons. The number of rotatable bonds is 5. The molecule has 4 rings (SSSR count). The number of aliphatic hydroxyl groups is 1. The van der Waals surface area contributed by atoms with Crippen LogP contribution in [0.15, 0.2) is 47.9 Å². The van der Waals surface area contributed by atoms with Gasteiger partial charge in [0.25, 0.3) is 0 Å². The Labute approximate surface area is 179 Å². The zero-order valence-corrected chi connectivity index (χ0v) is 17.4. The first kappa shape index (κ1) is 20.9. The number of nitrogen functional groups attached to an aromatic ring is 1. The van der Waals surface area contributed by atoms with Gasteiger partial charge in [-0.25, -0.2) is 14.4 Å². The minimum atomic E-state index is -0.638. The van der Waals surface area contributed by atoms with Crippen LogP contribution in [0.4, 0.5) is 10.3 Å². The minimum absolute atomic E-state index is 0.0223. The van der Waals surface area contributed by atoms with Crippen molar-refractivity contribution >= 4 is 11.7 Å². The van der Waals surface area contributed by atoms with E-state index in [0.717, 1.165) is 33.6 Å². The second-order valence-electron chi connectivity index (χ2n) is 7.75. The Morgan fingerprint density at radius 2 is 2.13 bits per heavy atom. The monoisotopic (exact) mass is 421 g/mol. The second kappa shape index (κ2) is 8.77. The average molecular weight is 421 g/mol. The Kier molecular flexibility index (Phi) is 5.90. The molecule has 0 spiro atoms. The highest BCUT2D eigenvalue weighted by molar-refractivity contribution is 6.03. The molecule has 1 aliphatic rings. The van der Waals surface area contributed by atoms with Crippen LogP contribution >= 0.6 is 0 Å². The fourth-order valence-corrected chi connectivity index (χ4v) is 4.00. The highest BCUT2D eigenvalue weighted by Gasteiger charge is 2.30. The number of benzene rings is 1. The summed E-state index contributed by atoms with van der Waals surface area (Å²) in [6.07, 6.45) is 3.93. The van der Waals surface area contributed by atoms with E-state index >= 15 is 0 Å². The van der Waals surface area contributed by atoms with Crippen molar-refractivity contribution < 1.29 is 14.3 Å². The number of aromatic nitrogens is 3. The summed E-state index contributed by atoms with van der Waals surface area (Å²) >= 11 is 0. The summed E-state index contributed by atoms with van der Waals surface area (Å²) in [5, 5.41) is 13.8. The van der Waals surface area contributed by atoms with Gasteiger partial charge in [0.15, 0.2) is 0 Å². The molecule has 1 unspecified atom stereocenters. The van der Waals surface area contributed by atoms with Crippen molar-refractivity contribution in [2.45, 2.75) is 38.7 Å². The Morgan fingerprint density at radius 1 is 1.29 bits per heavy atom. The lowest BCUT2D eigenvalue weighted by molar-refractivity contribution is 0.0497. The molecule has 0 fully saturated rings. The first-order chi connectivity index (χ1) is 14.9. The number of nitrogens with two attached hydrogens (primary N) is 1. The molecule has 2 aromatic heterocycles. The standard InChI is InChI=1S/C23H24FN5O2/c1-13(30)12-31-29-21-9-16(8-20-22(21)14(2)27-23(25)28-20)18-6-5-17(24)10-19(18)15-4-3-7-26-11-15/h3-7,10-11,13,16,30H,8-9,12H2,1-2H3,(H2,25,27,28)/b29-21+/t13?,16-/m0/s1. The van der Waals surface area contributed by atoms with E-state index in [1.54, 1.807) is 25.4 Å². The van der Waals surface area contributed by atoms with Gasteiger partial charge in [0.05, 0.1) is 23.2 Å². The van der Waals surface area contributed by atoms with Crippen LogP contribution in [0, 0.1) is 12.7 Å². The number of hydrogen-bond acceptors (Lipinski definition) is 7. The van der Waals surface area contributed by atoms with Crippen LogP contribution in [-0.4, -0.2) is 38.5 Å². The lowest BCUT2D eigenvalue weighted by atomic mass is 9.78. The maximum absolute atomic E-state index is 14.1. The third-order valence-electron chi connectivity index (χ3n) is 5.27. The van der Waals surface area contributed by atoms with Crippen LogP contribution in [0.5, 0.6) is 0 Å². The Morgan fingerprint density at radius 3 is 2.87 bits per heavy atom. The van der Waals surface area contributed by atoms with Crippen molar-refractivity contribution in [1.29, 1.82) is 0 Å². The summed E-state index contributed by atoms with van der Waals surface area (Å²) in [5.41, 5.74) is 11.5. The van der Waals surface area contributed by atoms with Crippen LogP contribution in [0.1, 0.15) is 41.8 Å². The van der Waals surface area contributed by atoms with Crippen molar-refractivity contribution in [2.75, 3.05) is 12.3 Å². The number of aryl methyl sites for hydroxylation is 1. The summed E-state index contributed by atoms with van der Waals surface area (Å²) in [4.78, 5) is 18.3. The average Bonchev–Trinajstić information content (AvgIpc) is 2.73. The number of aliphatic hydroxyl groups excluding tert-OH is 1. The second-order valence-corrected chi connectivity index (χ2v) is 7.75.